The molecule has 0 spiro atoms. The van der Waals surface area contributed by atoms with Crippen LogP contribution in [0.2, 0.25) is 0 Å². The molecule has 0 aromatic carbocycles. The Kier molecular flexibility index (Phi) is 3.47. The number of rotatable bonds is 2. The topological polar surface area (TPSA) is 97.2 Å². The standard InChI is InChI=1S/C11H17N5O3S/c17-11(15-2-1-4-20(18,19)5-3-15)10-8-16(14-13-10)9-6-12-7-9/h8-9,12H,1-7H2. The first kappa shape index (κ1) is 13.5. The minimum atomic E-state index is -3.01. The highest BCUT2D eigenvalue weighted by molar-refractivity contribution is 7.91. The molecule has 2 aliphatic rings. The molecule has 3 rings (SSSR count). The minimum absolute atomic E-state index is 0.0272. The first-order valence-corrected chi connectivity index (χ1v) is 8.49. The van der Waals surface area contributed by atoms with Gasteiger partial charge >= 0.3 is 0 Å². The van der Waals surface area contributed by atoms with Gasteiger partial charge in [0.15, 0.2) is 15.5 Å². The summed E-state index contributed by atoms with van der Waals surface area (Å²) >= 11 is 0. The summed E-state index contributed by atoms with van der Waals surface area (Å²) in [5, 5.41) is 11.0. The molecule has 110 valence electrons. The molecule has 2 saturated heterocycles. The summed E-state index contributed by atoms with van der Waals surface area (Å²) < 4.78 is 24.8. The molecule has 0 atom stereocenters. The third-order valence-electron chi connectivity index (χ3n) is 3.71. The number of carbonyl (C=O) groups excluding carboxylic acids is 1. The van der Waals surface area contributed by atoms with Crippen LogP contribution in [0.1, 0.15) is 23.0 Å². The van der Waals surface area contributed by atoms with Crippen LogP contribution in [-0.2, 0) is 9.84 Å². The van der Waals surface area contributed by atoms with Gasteiger partial charge in [-0.3, -0.25) is 4.79 Å². The summed E-state index contributed by atoms with van der Waals surface area (Å²) in [6.45, 7) is 2.35. The van der Waals surface area contributed by atoms with Crippen LogP contribution in [0.15, 0.2) is 6.20 Å². The minimum Gasteiger partial charge on any atom is -0.336 e. The number of sulfone groups is 1. The molecule has 1 aromatic heterocycles. The van der Waals surface area contributed by atoms with Crippen LogP contribution >= 0.6 is 0 Å². The van der Waals surface area contributed by atoms with E-state index in [0.717, 1.165) is 13.1 Å². The van der Waals surface area contributed by atoms with Gasteiger partial charge in [0.2, 0.25) is 0 Å². The van der Waals surface area contributed by atoms with Gasteiger partial charge in [-0.1, -0.05) is 5.21 Å². The SMILES string of the molecule is O=C(c1cn(C2CNC2)nn1)N1CCCS(=O)(=O)CC1. The van der Waals surface area contributed by atoms with Gasteiger partial charge in [-0.05, 0) is 6.42 Å². The molecule has 0 unspecified atom stereocenters. The van der Waals surface area contributed by atoms with Crippen LogP contribution in [0.25, 0.3) is 0 Å². The van der Waals surface area contributed by atoms with Crippen molar-refractivity contribution in [3.05, 3.63) is 11.9 Å². The zero-order valence-corrected chi connectivity index (χ0v) is 11.8. The molecular formula is C11H17N5O3S. The van der Waals surface area contributed by atoms with Crippen molar-refractivity contribution in [1.82, 2.24) is 25.2 Å². The van der Waals surface area contributed by atoms with E-state index in [2.05, 4.69) is 15.6 Å². The quantitative estimate of drug-likeness (QED) is 0.728. The van der Waals surface area contributed by atoms with E-state index in [0.29, 0.717) is 13.0 Å². The smallest absolute Gasteiger partial charge is 0.276 e. The van der Waals surface area contributed by atoms with Crippen LogP contribution in [0.5, 0.6) is 0 Å². The molecule has 1 N–H and O–H groups in total. The van der Waals surface area contributed by atoms with Gasteiger partial charge in [-0.15, -0.1) is 5.10 Å². The van der Waals surface area contributed by atoms with E-state index in [1.54, 1.807) is 15.8 Å². The molecule has 0 bridgehead atoms. The number of hydrogen-bond acceptors (Lipinski definition) is 6. The summed E-state index contributed by atoms with van der Waals surface area (Å²) in [6.07, 6.45) is 2.13. The van der Waals surface area contributed by atoms with E-state index in [4.69, 9.17) is 0 Å². The predicted molar refractivity (Wildman–Crippen MR) is 71.1 cm³/mol. The molecule has 2 fully saturated rings. The number of nitrogens with one attached hydrogen (secondary N) is 1. The third kappa shape index (κ3) is 2.68. The van der Waals surface area contributed by atoms with Gasteiger partial charge in [-0.2, -0.15) is 0 Å². The van der Waals surface area contributed by atoms with Gasteiger partial charge in [0.1, 0.15) is 0 Å². The van der Waals surface area contributed by atoms with Crippen molar-refractivity contribution in [3.8, 4) is 0 Å². The monoisotopic (exact) mass is 299 g/mol. The van der Waals surface area contributed by atoms with Crippen LogP contribution in [0.3, 0.4) is 0 Å². The van der Waals surface area contributed by atoms with Gasteiger partial charge in [0.05, 0.1) is 23.7 Å². The van der Waals surface area contributed by atoms with E-state index in [1.807, 2.05) is 0 Å². The predicted octanol–water partition coefficient (Wildman–Crippen LogP) is -1.32. The largest absolute Gasteiger partial charge is 0.336 e. The fourth-order valence-corrected chi connectivity index (χ4v) is 3.59. The Morgan fingerprint density at radius 2 is 2.10 bits per heavy atom. The van der Waals surface area contributed by atoms with Gasteiger partial charge < -0.3 is 10.2 Å². The second-order valence-corrected chi connectivity index (χ2v) is 7.50. The average molecular weight is 299 g/mol. The molecule has 1 aromatic rings. The molecule has 20 heavy (non-hydrogen) atoms. The summed E-state index contributed by atoms with van der Waals surface area (Å²) in [7, 11) is -3.01. The fraction of sp³-hybridized carbons (Fsp3) is 0.727. The van der Waals surface area contributed by atoms with Crippen molar-refractivity contribution < 1.29 is 13.2 Å². The van der Waals surface area contributed by atoms with Crippen molar-refractivity contribution in [3.63, 3.8) is 0 Å². The summed E-state index contributed by atoms with van der Waals surface area (Å²) in [4.78, 5) is 13.9. The van der Waals surface area contributed by atoms with E-state index in [-0.39, 0.29) is 35.7 Å². The summed E-state index contributed by atoms with van der Waals surface area (Å²) in [5.41, 5.74) is 0.288. The number of hydrogen-bond donors (Lipinski definition) is 1. The van der Waals surface area contributed by atoms with Crippen molar-refractivity contribution in [2.75, 3.05) is 37.7 Å². The van der Waals surface area contributed by atoms with Gasteiger partial charge in [0, 0.05) is 26.2 Å². The van der Waals surface area contributed by atoms with E-state index >= 15 is 0 Å². The molecular weight excluding hydrogens is 282 g/mol. The van der Waals surface area contributed by atoms with Crippen molar-refractivity contribution >= 4 is 15.7 Å². The molecule has 0 saturated carbocycles. The molecule has 0 radical (unpaired) electrons. The molecule has 3 heterocycles. The lowest BCUT2D eigenvalue weighted by molar-refractivity contribution is 0.0762. The van der Waals surface area contributed by atoms with Crippen molar-refractivity contribution in [2.24, 2.45) is 0 Å². The Bertz CT molecular complexity index is 607. The van der Waals surface area contributed by atoms with Gasteiger partial charge in [-0.25, -0.2) is 13.1 Å². The average Bonchev–Trinajstić information content (AvgIpc) is 2.72. The molecule has 0 aliphatic carbocycles. The lowest BCUT2D eigenvalue weighted by Gasteiger charge is -2.26. The van der Waals surface area contributed by atoms with E-state index in [1.165, 1.54) is 0 Å². The Morgan fingerprint density at radius 3 is 2.80 bits per heavy atom. The van der Waals surface area contributed by atoms with E-state index in [9.17, 15) is 13.2 Å². The number of nitrogens with zero attached hydrogens (tertiary/aromatic N) is 4. The second-order valence-electron chi connectivity index (χ2n) is 5.19. The Balaban J connectivity index is 1.70. The van der Waals surface area contributed by atoms with E-state index < -0.39 is 9.84 Å². The molecule has 9 heteroatoms. The van der Waals surface area contributed by atoms with Crippen molar-refractivity contribution in [1.29, 1.82) is 0 Å². The normalized spacial score (nSPS) is 23.1. The summed E-state index contributed by atoms with van der Waals surface area (Å²) in [6, 6.07) is 0.258. The molecule has 2 aliphatic heterocycles. The maximum absolute atomic E-state index is 12.3. The maximum Gasteiger partial charge on any atom is 0.276 e. The second kappa shape index (κ2) is 5.13. The lowest BCUT2D eigenvalue weighted by atomic mass is 10.2. The molecule has 1 amide bonds. The highest BCUT2D eigenvalue weighted by Gasteiger charge is 2.26. The van der Waals surface area contributed by atoms with Crippen molar-refractivity contribution in [2.45, 2.75) is 12.5 Å². The van der Waals surface area contributed by atoms with Crippen LogP contribution in [0.4, 0.5) is 0 Å². The summed E-state index contributed by atoms with van der Waals surface area (Å²) in [5.74, 6) is -0.0583. The van der Waals surface area contributed by atoms with Gasteiger partial charge in [0.25, 0.3) is 5.91 Å². The first-order valence-electron chi connectivity index (χ1n) is 6.67. The highest BCUT2D eigenvalue weighted by Crippen LogP contribution is 2.12. The Hall–Kier alpha value is -1.48. The fourth-order valence-electron chi connectivity index (χ4n) is 2.32. The third-order valence-corrected chi connectivity index (χ3v) is 5.42. The first-order chi connectivity index (χ1) is 9.55. The number of aromatic nitrogens is 3. The molecule has 8 nitrogen and oxygen atoms in total. The number of amides is 1. The van der Waals surface area contributed by atoms with Crippen LogP contribution < -0.4 is 5.32 Å². The number of carbonyl (C=O) groups is 1. The van der Waals surface area contributed by atoms with Crippen LogP contribution in [0, 0.1) is 0 Å². The Morgan fingerprint density at radius 1 is 1.30 bits per heavy atom. The maximum atomic E-state index is 12.3. The zero-order chi connectivity index (χ0) is 14.2. The van der Waals surface area contributed by atoms with Crippen LogP contribution in [-0.4, -0.2) is 71.9 Å². The Labute approximate surface area is 117 Å². The lowest BCUT2D eigenvalue weighted by Crippen LogP contribution is -2.43. The zero-order valence-electron chi connectivity index (χ0n) is 11.0. The highest BCUT2D eigenvalue weighted by atomic mass is 32.2.